The molecule has 22 heavy (non-hydrogen) atoms. The van der Waals surface area contributed by atoms with Crippen LogP contribution in [0.1, 0.15) is 66.2 Å². The molecular formula is C16H35IN4O. The van der Waals surface area contributed by atoms with Gasteiger partial charge in [0, 0.05) is 25.6 Å². The second-order valence-electron chi connectivity index (χ2n) is 5.40. The van der Waals surface area contributed by atoms with Crippen LogP contribution in [0.3, 0.4) is 0 Å². The standard InChI is InChI=1S/C16H34N4O.HI/c1-5-8-9-10-14(4)20-16(17-7-3)19-13-11-15(21)18-12-6-2;/h14H,5-13H2,1-4H3,(H,18,21)(H2,17,19,20);1H. The molecule has 0 spiro atoms. The van der Waals surface area contributed by atoms with Gasteiger partial charge >= 0.3 is 0 Å². The largest absolute Gasteiger partial charge is 0.357 e. The Kier molecular flexibility index (Phi) is 18.2. The molecule has 0 radical (unpaired) electrons. The molecule has 0 saturated heterocycles. The number of amides is 1. The Labute approximate surface area is 153 Å². The lowest BCUT2D eigenvalue weighted by Gasteiger charge is -2.17. The topological polar surface area (TPSA) is 65.5 Å². The molecule has 3 N–H and O–H groups in total. The first-order valence-corrected chi connectivity index (χ1v) is 8.45. The van der Waals surface area contributed by atoms with Crippen molar-refractivity contribution < 1.29 is 4.79 Å². The first-order valence-electron chi connectivity index (χ1n) is 8.45. The zero-order valence-electron chi connectivity index (χ0n) is 14.7. The van der Waals surface area contributed by atoms with Crippen LogP contribution in [0.25, 0.3) is 0 Å². The number of unbranched alkanes of at least 4 members (excludes halogenated alkanes) is 2. The van der Waals surface area contributed by atoms with Crippen molar-refractivity contribution in [3.8, 4) is 0 Å². The van der Waals surface area contributed by atoms with Gasteiger partial charge in [-0.2, -0.15) is 0 Å². The van der Waals surface area contributed by atoms with Crippen LogP contribution in [0.5, 0.6) is 0 Å². The van der Waals surface area contributed by atoms with Crippen molar-refractivity contribution >= 4 is 35.8 Å². The normalized spacial score (nSPS) is 12.3. The molecule has 0 aromatic heterocycles. The van der Waals surface area contributed by atoms with Gasteiger partial charge in [0.2, 0.25) is 5.91 Å². The van der Waals surface area contributed by atoms with Crippen LogP contribution in [-0.4, -0.2) is 37.5 Å². The van der Waals surface area contributed by atoms with Crippen molar-refractivity contribution in [1.82, 2.24) is 16.0 Å². The van der Waals surface area contributed by atoms with Crippen molar-refractivity contribution in [1.29, 1.82) is 0 Å². The predicted octanol–water partition coefficient (Wildman–Crippen LogP) is 3.04. The van der Waals surface area contributed by atoms with E-state index in [4.69, 9.17) is 0 Å². The minimum atomic E-state index is 0. The molecule has 0 saturated carbocycles. The van der Waals surface area contributed by atoms with Gasteiger partial charge in [0.25, 0.3) is 0 Å². The minimum absolute atomic E-state index is 0. The summed E-state index contributed by atoms with van der Waals surface area (Å²) in [6.07, 6.45) is 6.32. The van der Waals surface area contributed by atoms with E-state index in [0.717, 1.165) is 31.9 Å². The van der Waals surface area contributed by atoms with Crippen molar-refractivity contribution in [3.63, 3.8) is 0 Å². The molecule has 0 aliphatic carbocycles. The average molecular weight is 426 g/mol. The lowest BCUT2D eigenvalue weighted by molar-refractivity contribution is -0.120. The van der Waals surface area contributed by atoms with E-state index < -0.39 is 0 Å². The fourth-order valence-electron chi connectivity index (χ4n) is 1.95. The molecule has 1 amide bonds. The lowest BCUT2D eigenvalue weighted by atomic mass is 10.1. The molecule has 0 rings (SSSR count). The summed E-state index contributed by atoms with van der Waals surface area (Å²) in [5, 5.41) is 9.49. The number of halogens is 1. The molecule has 1 atom stereocenters. The van der Waals surface area contributed by atoms with E-state index in [9.17, 15) is 4.79 Å². The molecule has 0 bridgehead atoms. The number of guanidine groups is 1. The zero-order chi connectivity index (χ0) is 15.9. The molecule has 0 fully saturated rings. The van der Waals surface area contributed by atoms with Gasteiger partial charge in [-0.3, -0.25) is 9.79 Å². The number of hydrogen-bond acceptors (Lipinski definition) is 2. The van der Waals surface area contributed by atoms with Gasteiger partial charge < -0.3 is 16.0 Å². The average Bonchev–Trinajstić information content (AvgIpc) is 2.45. The second-order valence-corrected chi connectivity index (χ2v) is 5.40. The molecular weight excluding hydrogens is 391 g/mol. The maximum Gasteiger partial charge on any atom is 0.221 e. The van der Waals surface area contributed by atoms with Crippen molar-refractivity contribution in [3.05, 3.63) is 0 Å². The van der Waals surface area contributed by atoms with Crippen LogP contribution in [-0.2, 0) is 4.79 Å². The van der Waals surface area contributed by atoms with Crippen LogP contribution in [0, 0.1) is 0 Å². The second kappa shape index (κ2) is 16.8. The smallest absolute Gasteiger partial charge is 0.221 e. The molecule has 0 aromatic carbocycles. The highest BCUT2D eigenvalue weighted by Gasteiger charge is 2.05. The SMILES string of the molecule is CCCCCC(C)NC(=NCCC(=O)NCCC)NCC.I. The van der Waals surface area contributed by atoms with Crippen LogP contribution in [0.4, 0.5) is 0 Å². The molecule has 132 valence electrons. The molecule has 1 unspecified atom stereocenters. The van der Waals surface area contributed by atoms with Crippen LogP contribution < -0.4 is 16.0 Å². The van der Waals surface area contributed by atoms with E-state index in [2.05, 4.69) is 34.8 Å². The summed E-state index contributed by atoms with van der Waals surface area (Å²) in [6, 6.07) is 0.406. The minimum Gasteiger partial charge on any atom is -0.357 e. The molecule has 0 aromatic rings. The van der Waals surface area contributed by atoms with E-state index in [-0.39, 0.29) is 29.9 Å². The number of nitrogens with one attached hydrogen (secondary N) is 3. The van der Waals surface area contributed by atoms with Gasteiger partial charge in [-0.05, 0) is 26.7 Å². The third-order valence-electron chi connectivity index (χ3n) is 3.15. The van der Waals surface area contributed by atoms with Gasteiger partial charge in [0.1, 0.15) is 0 Å². The number of aliphatic imine (C=N–C) groups is 1. The van der Waals surface area contributed by atoms with Crippen LogP contribution >= 0.6 is 24.0 Å². The number of carbonyl (C=O) groups is 1. The predicted molar refractivity (Wildman–Crippen MR) is 106 cm³/mol. The third-order valence-corrected chi connectivity index (χ3v) is 3.15. The molecule has 0 aliphatic heterocycles. The van der Waals surface area contributed by atoms with Gasteiger partial charge in [-0.15, -0.1) is 24.0 Å². The van der Waals surface area contributed by atoms with E-state index in [1.807, 2.05) is 13.8 Å². The number of carbonyl (C=O) groups excluding carboxylic acids is 1. The quantitative estimate of drug-likeness (QED) is 0.206. The highest BCUT2D eigenvalue weighted by Crippen LogP contribution is 2.02. The van der Waals surface area contributed by atoms with Gasteiger partial charge in [0.15, 0.2) is 5.96 Å². The fourth-order valence-corrected chi connectivity index (χ4v) is 1.95. The Morgan fingerprint density at radius 2 is 1.82 bits per heavy atom. The summed E-state index contributed by atoms with van der Waals surface area (Å²) >= 11 is 0. The van der Waals surface area contributed by atoms with Crippen LogP contribution in [0.15, 0.2) is 4.99 Å². The Balaban J connectivity index is 0. The number of rotatable bonds is 11. The summed E-state index contributed by atoms with van der Waals surface area (Å²) < 4.78 is 0. The van der Waals surface area contributed by atoms with Gasteiger partial charge in [0.05, 0.1) is 6.54 Å². The lowest BCUT2D eigenvalue weighted by Crippen LogP contribution is -2.42. The third kappa shape index (κ3) is 14.4. The summed E-state index contributed by atoms with van der Waals surface area (Å²) in [5.41, 5.74) is 0. The Morgan fingerprint density at radius 1 is 1.09 bits per heavy atom. The van der Waals surface area contributed by atoms with E-state index in [1.165, 1.54) is 19.3 Å². The molecule has 6 heteroatoms. The Bertz CT molecular complexity index is 298. The van der Waals surface area contributed by atoms with Crippen molar-refractivity contribution in [2.45, 2.75) is 72.3 Å². The maximum atomic E-state index is 11.5. The van der Waals surface area contributed by atoms with Crippen molar-refractivity contribution in [2.24, 2.45) is 4.99 Å². The number of nitrogens with zero attached hydrogens (tertiary/aromatic N) is 1. The highest BCUT2D eigenvalue weighted by molar-refractivity contribution is 14.0. The summed E-state index contributed by atoms with van der Waals surface area (Å²) in [5.74, 6) is 0.886. The monoisotopic (exact) mass is 426 g/mol. The first-order chi connectivity index (χ1) is 10.1. The van der Waals surface area contributed by atoms with Gasteiger partial charge in [-0.1, -0.05) is 33.1 Å². The van der Waals surface area contributed by atoms with E-state index in [0.29, 0.717) is 19.0 Å². The molecule has 0 aliphatic rings. The van der Waals surface area contributed by atoms with Gasteiger partial charge in [-0.25, -0.2) is 0 Å². The molecule has 0 heterocycles. The van der Waals surface area contributed by atoms with Crippen LogP contribution in [0.2, 0.25) is 0 Å². The van der Waals surface area contributed by atoms with E-state index >= 15 is 0 Å². The maximum absolute atomic E-state index is 11.5. The Hall–Kier alpha value is -0.530. The van der Waals surface area contributed by atoms with E-state index in [1.54, 1.807) is 0 Å². The number of hydrogen-bond donors (Lipinski definition) is 3. The summed E-state index contributed by atoms with van der Waals surface area (Å²) in [4.78, 5) is 16.0. The summed E-state index contributed by atoms with van der Waals surface area (Å²) in [7, 11) is 0. The fraction of sp³-hybridized carbons (Fsp3) is 0.875. The highest BCUT2D eigenvalue weighted by atomic mass is 127. The zero-order valence-corrected chi connectivity index (χ0v) is 17.0. The first kappa shape index (κ1) is 23.7. The van der Waals surface area contributed by atoms with Crippen molar-refractivity contribution in [2.75, 3.05) is 19.6 Å². The Morgan fingerprint density at radius 3 is 2.41 bits per heavy atom. The molecule has 5 nitrogen and oxygen atoms in total. The summed E-state index contributed by atoms with van der Waals surface area (Å²) in [6.45, 7) is 10.6.